The molecule has 5 nitrogen and oxygen atoms in total. The van der Waals surface area contributed by atoms with Crippen molar-refractivity contribution in [3.8, 4) is 11.5 Å². The van der Waals surface area contributed by atoms with E-state index in [-0.39, 0.29) is 5.91 Å². The minimum Gasteiger partial charge on any atom is -0.494 e. The lowest BCUT2D eigenvalue weighted by atomic mass is 10.1. The van der Waals surface area contributed by atoms with Crippen molar-refractivity contribution < 1.29 is 14.3 Å². The summed E-state index contributed by atoms with van der Waals surface area (Å²) >= 11 is 0. The molecule has 0 heterocycles. The van der Waals surface area contributed by atoms with E-state index >= 15 is 0 Å². The summed E-state index contributed by atoms with van der Waals surface area (Å²) in [7, 11) is 1.54. The van der Waals surface area contributed by atoms with E-state index in [2.05, 4.69) is 12.2 Å². The van der Waals surface area contributed by atoms with Gasteiger partial charge in [0.25, 0.3) is 5.91 Å². The number of amides is 1. The average molecular weight is 328 g/mol. The van der Waals surface area contributed by atoms with Gasteiger partial charge in [0, 0.05) is 11.8 Å². The molecule has 0 saturated heterocycles. The first-order chi connectivity index (χ1) is 11.7. The number of carbonyl (C=O) groups is 1. The largest absolute Gasteiger partial charge is 0.494 e. The van der Waals surface area contributed by atoms with Gasteiger partial charge >= 0.3 is 0 Å². The number of anilines is 2. The molecule has 24 heavy (non-hydrogen) atoms. The summed E-state index contributed by atoms with van der Waals surface area (Å²) in [6.07, 6.45) is 3.21. The number of rotatable bonds is 8. The summed E-state index contributed by atoms with van der Waals surface area (Å²) in [5, 5.41) is 2.85. The van der Waals surface area contributed by atoms with Crippen LogP contribution in [-0.4, -0.2) is 19.6 Å². The highest BCUT2D eigenvalue weighted by Crippen LogP contribution is 2.28. The second kappa shape index (κ2) is 8.82. The summed E-state index contributed by atoms with van der Waals surface area (Å²) in [6.45, 7) is 2.74. The number of unbranched alkanes of at least 4 members (excludes halogenated alkanes) is 2. The number of ether oxygens (including phenoxy) is 2. The fourth-order valence-corrected chi connectivity index (χ4v) is 2.32. The third kappa shape index (κ3) is 4.65. The number of benzene rings is 2. The first kappa shape index (κ1) is 17.7. The topological polar surface area (TPSA) is 73.6 Å². The van der Waals surface area contributed by atoms with Crippen LogP contribution in [0.25, 0.3) is 0 Å². The van der Waals surface area contributed by atoms with Crippen molar-refractivity contribution in [3.63, 3.8) is 0 Å². The monoisotopic (exact) mass is 328 g/mol. The zero-order valence-corrected chi connectivity index (χ0v) is 14.2. The van der Waals surface area contributed by atoms with Crippen LogP contribution in [0.15, 0.2) is 42.5 Å². The maximum atomic E-state index is 12.6. The minimum absolute atomic E-state index is 0.246. The lowest BCUT2D eigenvalue weighted by Crippen LogP contribution is -2.14. The molecule has 3 N–H and O–H groups in total. The van der Waals surface area contributed by atoms with Crippen molar-refractivity contribution in [2.75, 3.05) is 24.8 Å². The Balaban J connectivity index is 2.12. The summed E-state index contributed by atoms with van der Waals surface area (Å²) in [5.74, 6) is 0.856. The molecule has 128 valence electrons. The zero-order valence-electron chi connectivity index (χ0n) is 14.2. The van der Waals surface area contributed by atoms with Crippen LogP contribution in [0.2, 0.25) is 0 Å². The molecule has 2 aromatic carbocycles. The van der Waals surface area contributed by atoms with Crippen LogP contribution >= 0.6 is 0 Å². The average Bonchev–Trinajstić information content (AvgIpc) is 2.60. The molecule has 0 saturated carbocycles. The maximum absolute atomic E-state index is 12.6. The van der Waals surface area contributed by atoms with Crippen molar-refractivity contribution in [2.45, 2.75) is 26.2 Å². The number of nitrogens with one attached hydrogen (secondary N) is 1. The molecule has 1 amide bonds. The number of nitrogens with two attached hydrogens (primary N) is 1. The van der Waals surface area contributed by atoms with Crippen LogP contribution in [0, 0.1) is 0 Å². The predicted molar refractivity (Wildman–Crippen MR) is 96.8 cm³/mol. The number of para-hydroxylation sites is 1. The lowest BCUT2D eigenvalue weighted by Gasteiger charge is -2.13. The van der Waals surface area contributed by atoms with Crippen LogP contribution in [0.4, 0.5) is 11.4 Å². The summed E-state index contributed by atoms with van der Waals surface area (Å²) in [5.41, 5.74) is 7.37. The zero-order chi connectivity index (χ0) is 17.4. The van der Waals surface area contributed by atoms with Crippen LogP contribution in [0.3, 0.4) is 0 Å². The molecular weight excluding hydrogens is 304 g/mol. The first-order valence-electron chi connectivity index (χ1n) is 8.12. The van der Waals surface area contributed by atoms with E-state index in [9.17, 15) is 4.79 Å². The van der Waals surface area contributed by atoms with E-state index in [0.29, 0.717) is 35.0 Å². The Bertz CT molecular complexity index is 686. The Morgan fingerprint density at radius 1 is 1.12 bits per heavy atom. The van der Waals surface area contributed by atoms with Crippen molar-refractivity contribution in [3.05, 3.63) is 48.0 Å². The normalized spacial score (nSPS) is 10.2. The molecule has 0 fully saturated rings. The van der Waals surface area contributed by atoms with Gasteiger partial charge in [0.05, 0.1) is 25.0 Å². The fraction of sp³-hybridized carbons (Fsp3) is 0.316. The highest BCUT2D eigenvalue weighted by molar-refractivity contribution is 6.07. The van der Waals surface area contributed by atoms with Gasteiger partial charge in [-0.1, -0.05) is 31.9 Å². The second-order valence-corrected chi connectivity index (χ2v) is 5.47. The smallest absolute Gasteiger partial charge is 0.259 e. The molecule has 0 aromatic heterocycles. The van der Waals surface area contributed by atoms with Gasteiger partial charge in [0.1, 0.15) is 11.5 Å². The fourth-order valence-electron chi connectivity index (χ4n) is 2.32. The number of nitrogen functional groups attached to an aromatic ring is 1. The SMILES string of the molecule is CCCCCOc1ccccc1C(=O)Nc1ccc(N)cc1OC. The maximum Gasteiger partial charge on any atom is 0.259 e. The Morgan fingerprint density at radius 2 is 1.92 bits per heavy atom. The van der Waals surface area contributed by atoms with Crippen LogP contribution in [-0.2, 0) is 0 Å². The molecule has 0 radical (unpaired) electrons. The molecule has 2 rings (SSSR count). The Kier molecular flexibility index (Phi) is 6.49. The van der Waals surface area contributed by atoms with Crippen LogP contribution in [0.5, 0.6) is 11.5 Å². The van der Waals surface area contributed by atoms with Gasteiger partial charge in [-0.25, -0.2) is 0 Å². The quantitative estimate of drug-likeness (QED) is 0.565. The van der Waals surface area contributed by atoms with Gasteiger partial charge in [-0.3, -0.25) is 4.79 Å². The van der Waals surface area contributed by atoms with Crippen molar-refractivity contribution >= 4 is 17.3 Å². The molecule has 0 aliphatic heterocycles. The van der Waals surface area contributed by atoms with Crippen molar-refractivity contribution in [1.82, 2.24) is 0 Å². The van der Waals surface area contributed by atoms with Gasteiger partial charge in [-0.2, -0.15) is 0 Å². The van der Waals surface area contributed by atoms with E-state index in [1.807, 2.05) is 12.1 Å². The highest BCUT2D eigenvalue weighted by atomic mass is 16.5. The molecule has 0 aliphatic rings. The third-order valence-electron chi connectivity index (χ3n) is 3.61. The molecule has 0 aliphatic carbocycles. The van der Waals surface area contributed by atoms with E-state index in [1.165, 1.54) is 7.11 Å². The number of hydrogen-bond acceptors (Lipinski definition) is 4. The van der Waals surface area contributed by atoms with Crippen LogP contribution < -0.4 is 20.5 Å². The molecule has 0 atom stereocenters. The van der Waals surface area contributed by atoms with Crippen LogP contribution in [0.1, 0.15) is 36.5 Å². The minimum atomic E-state index is -0.246. The number of carbonyl (C=O) groups excluding carboxylic acids is 1. The summed E-state index contributed by atoms with van der Waals surface area (Å²) < 4.78 is 11.0. The second-order valence-electron chi connectivity index (χ2n) is 5.47. The van der Waals surface area contributed by atoms with Crippen molar-refractivity contribution in [2.24, 2.45) is 0 Å². The Hall–Kier alpha value is -2.69. The van der Waals surface area contributed by atoms with E-state index in [1.54, 1.807) is 30.3 Å². The lowest BCUT2D eigenvalue weighted by molar-refractivity contribution is 0.102. The molecule has 0 bridgehead atoms. The number of hydrogen-bond donors (Lipinski definition) is 2. The standard InChI is InChI=1S/C19H24N2O3/c1-3-4-7-12-24-17-9-6-5-8-15(17)19(22)21-16-11-10-14(20)13-18(16)23-2/h5-6,8-11,13H,3-4,7,12,20H2,1-2H3,(H,21,22). The van der Waals surface area contributed by atoms with Gasteiger partial charge in [-0.15, -0.1) is 0 Å². The Morgan fingerprint density at radius 3 is 2.67 bits per heavy atom. The highest BCUT2D eigenvalue weighted by Gasteiger charge is 2.14. The molecule has 0 spiro atoms. The van der Waals surface area contributed by atoms with Gasteiger partial charge in [0.2, 0.25) is 0 Å². The third-order valence-corrected chi connectivity index (χ3v) is 3.61. The molecule has 2 aromatic rings. The summed E-state index contributed by atoms with van der Waals surface area (Å²) in [4.78, 5) is 12.6. The van der Waals surface area contributed by atoms with E-state index < -0.39 is 0 Å². The first-order valence-corrected chi connectivity index (χ1v) is 8.12. The van der Waals surface area contributed by atoms with Gasteiger partial charge in [0.15, 0.2) is 0 Å². The molecular formula is C19H24N2O3. The number of methoxy groups -OCH3 is 1. The predicted octanol–water partition coefficient (Wildman–Crippen LogP) is 4.10. The Labute approximate surface area is 142 Å². The van der Waals surface area contributed by atoms with Gasteiger partial charge < -0.3 is 20.5 Å². The molecule has 0 unspecified atom stereocenters. The van der Waals surface area contributed by atoms with Crippen molar-refractivity contribution in [1.29, 1.82) is 0 Å². The van der Waals surface area contributed by atoms with Gasteiger partial charge in [-0.05, 0) is 30.7 Å². The summed E-state index contributed by atoms with van der Waals surface area (Å²) in [6, 6.07) is 12.3. The van der Waals surface area contributed by atoms with E-state index in [0.717, 1.165) is 19.3 Å². The molecule has 5 heteroatoms. The van der Waals surface area contributed by atoms with E-state index in [4.69, 9.17) is 15.2 Å².